The maximum absolute atomic E-state index is 13.3. The molecule has 2 aromatic heterocycles. The number of H-pyrrole nitrogens is 1. The Bertz CT molecular complexity index is 1260. The number of anilines is 1. The largest absolute Gasteiger partial charge is 0.328 e. The fourth-order valence-corrected chi connectivity index (χ4v) is 3.29. The standard InChI is InChI=1S/C20H18FN5O2/c1-11(27)22-19-23-17(12-4-7-14(21)8-5-12)18(24-19)13-6-9-15-16(10-13)26(3)20(28)25(15)2/h4-10H,1-3H3,(H2,22,23,24,27). The molecule has 8 heteroatoms. The van der Waals surface area contributed by atoms with E-state index in [4.69, 9.17) is 0 Å². The fraction of sp³-hybridized carbons (Fsp3) is 0.150. The van der Waals surface area contributed by atoms with Crippen molar-refractivity contribution >= 4 is 22.9 Å². The number of nitrogens with one attached hydrogen (secondary N) is 2. The zero-order chi connectivity index (χ0) is 20.0. The molecular weight excluding hydrogens is 361 g/mol. The summed E-state index contributed by atoms with van der Waals surface area (Å²) < 4.78 is 16.5. The number of imidazole rings is 2. The van der Waals surface area contributed by atoms with Gasteiger partial charge in [0, 0.05) is 32.1 Å². The first-order valence-electron chi connectivity index (χ1n) is 8.64. The van der Waals surface area contributed by atoms with Gasteiger partial charge < -0.3 is 4.98 Å². The topological polar surface area (TPSA) is 84.7 Å². The summed E-state index contributed by atoms with van der Waals surface area (Å²) in [5, 5.41) is 2.64. The van der Waals surface area contributed by atoms with Gasteiger partial charge >= 0.3 is 5.69 Å². The van der Waals surface area contributed by atoms with Crippen molar-refractivity contribution in [2.24, 2.45) is 14.1 Å². The van der Waals surface area contributed by atoms with Gasteiger partial charge in [-0.25, -0.2) is 14.2 Å². The van der Waals surface area contributed by atoms with E-state index in [2.05, 4.69) is 15.3 Å². The third kappa shape index (κ3) is 2.88. The highest BCUT2D eigenvalue weighted by molar-refractivity contribution is 5.90. The number of hydrogen-bond donors (Lipinski definition) is 2. The lowest BCUT2D eigenvalue weighted by Crippen LogP contribution is -2.19. The predicted octanol–water partition coefficient (Wildman–Crippen LogP) is 3.03. The second-order valence-electron chi connectivity index (χ2n) is 6.60. The van der Waals surface area contributed by atoms with Crippen molar-refractivity contribution in [3.63, 3.8) is 0 Å². The average molecular weight is 379 g/mol. The molecule has 28 heavy (non-hydrogen) atoms. The summed E-state index contributed by atoms with van der Waals surface area (Å²) in [6, 6.07) is 11.6. The van der Waals surface area contributed by atoms with E-state index in [-0.39, 0.29) is 17.4 Å². The van der Waals surface area contributed by atoms with Crippen LogP contribution in [-0.4, -0.2) is 25.0 Å². The van der Waals surface area contributed by atoms with Gasteiger partial charge in [-0.1, -0.05) is 6.07 Å². The number of aryl methyl sites for hydroxylation is 2. The highest BCUT2D eigenvalue weighted by atomic mass is 19.1. The van der Waals surface area contributed by atoms with E-state index in [1.54, 1.807) is 35.4 Å². The minimum absolute atomic E-state index is 0.119. The van der Waals surface area contributed by atoms with Crippen molar-refractivity contribution in [2.75, 3.05) is 5.32 Å². The molecule has 0 fully saturated rings. The molecule has 7 nitrogen and oxygen atoms in total. The molecule has 0 unspecified atom stereocenters. The van der Waals surface area contributed by atoms with E-state index in [0.717, 1.165) is 22.2 Å². The molecule has 2 N–H and O–H groups in total. The van der Waals surface area contributed by atoms with Crippen LogP contribution in [0.15, 0.2) is 47.3 Å². The monoisotopic (exact) mass is 379 g/mol. The molecule has 2 heterocycles. The number of carbonyl (C=O) groups excluding carboxylic acids is 1. The molecule has 0 saturated heterocycles. The second-order valence-corrected chi connectivity index (χ2v) is 6.60. The summed E-state index contributed by atoms with van der Waals surface area (Å²) >= 11 is 0. The van der Waals surface area contributed by atoms with E-state index in [1.807, 2.05) is 18.2 Å². The maximum atomic E-state index is 13.3. The molecule has 0 bridgehead atoms. The second kappa shape index (κ2) is 6.49. The summed E-state index contributed by atoms with van der Waals surface area (Å²) in [5.74, 6) is -0.302. The van der Waals surface area contributed by atoms with Gasteiger partial charge in [0.2, 0.25) is 11.9 Å². The van der Waals surface area contributed by atoms with Gasteiger partial charge in [0.25, 0.3) is 0 Å². The number of carbonyl (C=O) groups is 1. The molecule has 0 radical (unpaired) electrons. The first-order chi connectivity index (χ1) is 13.3. The van der Waals surface area contributed by atoms with Gasteiger partial charge in [-0.05, 0) is 36.4 Å². The van der Waals surface area contributed by atoms with Gasteiger partial charge in [-0.3, -0.25) is 19.2 Å². The highest BCUT2D eigenvalue weighted by Crippen LogP contribution is 2.33. The average Bonchev–Trinajstić information content (AvgIpc) is 3.17. The van der Waals surface area contributed by atoms with Crippen molar-refractivity contribution in [3.05, 3.63) is 58.8 Å². The third-order valence-electron chi connectivity index (χ3n) is 4.68. The van der Waals surface area contributed by atoms with Crippen LogP contribution in [0, 0.1) is 5.82 Å². The van der Waals surface area contributed by atoms with Gasteiger partial charge in [0.15, 0.2) is 0 Å². The van der Waals surface area contributed by atoms with Crippen molar-refractivity contribution in [2.45, 2.75) is 6.92 Å². The number of halogens is 1. The van der Waals surface area contributed by atoms with Gasteiger partial charge in [-0.2, -0.15) is 0 Å². The highest BCUT2D eigenvalue weighted by Gasteiger charge is 2.17. The molecule has 0 saturated carbocycles. The lowest BCUT2D eigenvalue weighted by molar-refractivity contribution is -0.114. The predicted molar refractivity (Wildman–Crippen MR) is 105 cm³/mol. The Morgan fingerprint density at radius 2 is 1.68 bits per heavy atom. The van der Waals surface area contributed by atoms with Crippen LogP contribution in [0.2, 0.25) is 0 Å². The van der Waals surface area contributed by atoms with Crippen molar-refractivity contribution < 1.29 is 9.18 Å². The van der Waals surface area contributed by atoms with E-state index >= 15 is 0 Å². The number of aromatic nitrogens is 4. The van der Waals surface area contributed by atoms with Crippen LogP contribution in [0.25, 0.3) is 33.5 Å². The Labute approximate surface area is 159 Å². The molecule has 1 amide bonds. The molecule has 0 aliphatic heterocycles. The zero-order valence-corrected chi connectivity index (χ0v) is 15.6. The summed E-state index contributed by atoms with van der Waals surface area (Å²) in [6.45, 7) is 1.39. The molecule has 0 aliphatic carbocycles. The normalized spacial score (nSPS) is 11.1. The van der Waals surface area contributed by atoms with Crippen LogP contribution in [0.4, 0.5) is 10.3 Å². The van der Waals surface area contributed by atoms with Crippen molar-refractivity contribution in [1.82, 2.24) is 19.1 Å². The summed E-state index contributed by atoms with van der Waals surface area (Å²) in [6.07, 6.45) is 0. The number of nitrogens with zero attached hydrogens (tertiary/aromatic N) is 3. The minimum Gasteiger partial charge on any atom is -0.323 e. The minimum atomic E-state index is -0.340. The van der Waals surface area contributed by atoms with Crippen LogP contribution in [0.5, 0.6) is 0 Å². The van der Waals surface area contributed by atoms with E-state index in [9.17, 15) is 14.0 Å². The quantitative estimate of drug-likeness (QED) is 0.574. The number of benzene rings is 2. The Hall–Kier alpha value is -3.68. The summed E-state index contributed by atoms with van der Waals surface area (Å²) in [7, 11) is 3.43. The van der Waals surface area contributed by atoms with Crippen LogP contribution in [-0.2, 0) is 18.9 Å². The molecule has 142 valence electrons. The first-order valence-corrected chi connectivity index (χ1v) is 8.64. The Morgan fingerprint density at radius 3 is 2.36 bits per heavy atom. The van der Waals surface area contributed by atoms with E-state index < -0.39 is 0 Å². The van der Waals surface area contributed by atoms with Gasteiger partial charge in [0.05, 0.1) is 22.4 Å². The van der Waals surface area contributed by atoms with E-state index in [1.165, 1.54) is 19.1 Å². The van der Waals surface area contributed by atoms with Crippen LogP contribution in [0.3, 0.4) is 0 Å². The Kier molecular flexibility index (Phi) is 4.11. The van der Waals surface area contributed by atoms with Gasteiger partial charge in [-0.15, -0.1) is 0 Å². The van der Waals surface area contributed by atoms with E-state index in [0.29, 0.717) is 17.3 Å². The summed E-state index contributed by atoms with van der Waals surface area (Å²) in [4.78, 5) is 31.2. The molecule has 0 atom stereocenters. The smallest absolute Gasteiger partial charge is 0.323 e. The lowest BCUT2D eigenvalue weighted by Gasteiger charge is -2.04. The van der Waals surface area contributed by atoms with Crippen LogP contribution >= 0.6 is 0 Å². The number of fused-ring (bicyclic) bond motifs is 1. The Morgan fingerprint density at radius 1 is 1.04 bits per heavy atom. The summed E-state index contributed by atoms with van der Waals surface area (Å²) in [5.41, 5.74) is 4.17. The van der Waals surface area contributed by atoms with Crippen molar-refractivity contribution in [1.29, 1.82) is 0 Å². The maximum Gasteiger partial charge on any atom is 0.328 e. The molecule has 0 spiro atoms. The number of aromatic amines is 1. The lowest BCUT2D eigenvalue weighted by atomic mass is 10.0. The molecular formula is C20H18FN5O2. The van der Waals surface area contributed by atoms with Crippen LogP contribution in [0.1, 0.15) is 6.92 Å². The van der Waals surface area contributed by atoms with Crippen molar-refractivity contribution in [3.8, 4) is 22.5 Å². The molecule has 2 aromatic carbocycles. The third-order valence-corrected chi connectivity index (χ3v) is 4.68. The number of amides is 1. The number of hydrogen-bond acceptors (Lipinski definition) is 3. The van der Waals surface area contributed by atoms with Crippen LogP contribution < -0.4 is 11.0 Å². The Balaban J connectivity index is 1.93. The fourth-order valence-electron chi connectivity index (χ4n) is 3.29. The molecule has 4 aromatic rings. The first kappa shape index (κ1) is 17.7. The zero-order valence-electron chi connectivity index (χ0n) is 15.6. The molecule has 0 aliphatic rings. The SMILES string of the molecule is CC(=O)Nc1nc(-c2ccc3c(c2)n(C)c(=O)n3C)c(-c2ccc(F)cc2)[nH]1. The number of rotatable bonds is 3. The van der Waals surface area contributed by atoms with Gasteiger partial charge in [0.1, 0.15) is 5.82 Å². The molecule has 4 rings (SSSR count).